The molecule has 0 aliphatic carbocycles. The Hall–Kier alpha value is -1.82. The number of anilines is 1. The Labute approximate surface area is 112 Å². The standard InChI is InChI=1S/C13H20N2O4/c1-5-14(9-13(2,3)16)10-6-11(15(17)18)8-12(7-10)19-4/h6-8,16H,5,9H2,1-4H3. The van der Waals surface area contributed by atoms with Gasteiger partial charge in [-0.25, -0.2) is 0 Å². The van der Waals surface area contributed by atoms with Crippen molar-refractivity contribution in [3.8, 4) is 5.75 Å². The summed E-state index contributed by atoms with van der Waals surface area (Å²) in [6.07, 6.45) is 0. The van der Waals surface area contributed by atoms with Crippen molar-refractivity contribution < 1.29 is 14.8 Å². The summed E-state index contributed by atoms with van der Waals surface area (Å²) in [5.74, 6) is 0.429. The Kier molecular flexibility index (Phi) is 4.72. The van der Waals surface area contributed by atoms with Crippen LogP contribution >= 0.6 is 0 Å². The number of aliphatic hydroxyl groups is 1. The first-order valence-electron chi connectivity index (χ1n) is 6.07. The van der Waals surface area contributed by atoms with Crippen molar-refractivity contribution in [3.63, 3.8) is 0 Å². The molecule has 1 aromatic rings. The number of non-ortho nitro benzene ring substituents is 1. The number of nitro benzene ring substituents is 1. The van der Waals surface area contributed by atoms with Crippen LogP contribution in [-0.2, 0) is 0 Å². The monoisotopic (exact) mass is 268 g/mol. The summed E-state index contributed by atoms with van der Waals surface area (Å²) >= 11 is 0. The van der Waals surface area contributed by atoms with Crippen molar-refractivity contribution in [1.29, 1.82) is 0 Å². The third-order valence-electron chi connectivity index (χ3n) is 2.65. The zero-order chi connectivity index (χ0) is 14.6. The van der Waals surface area contributed by atoms with Crippen LogP contribution in [0.15, 0.2) is 18.2 Å². The number of hydrogen-bond acceptors (Lipinski definition) is 5. The van der Waals surface area contributed by atoms with Crippen LogP contribution in [0.3, 0.4) is 0 Å². The van der Waals surface area contributed by atoms with Crippen LogP contribution in [-0.4, -0.2) is 35.8 Å². The second-order valence-electron chi connectivity index (χ2n) is 4.97. The van der Waals surface area contributed by atoms with E-state index in [4.69, 9.17) is 4.74 Å². The summed E-state index contributed by atoms with van der Waals surface area (Å²) in [6, 6.07) is 4.58. The molecule has 6 heteroatoms. The second kappa shape index (κ2) is 5.88. The molecule has 0 atom stereocenters. The van der Waals surface area contributed by atoms with Gasteiger partial charge in [0.25, 0.3) is 5.69 Å². The lowest BCUT2D eigenvalue weighted by atomic mass is 10.1. The minimum atomic E-state index is -0.881. The molecule has 0 heterocycles. The molecule has 19 heavy (non-hydrogen) atoms. The average Bonchev–Trinajstić information content (AvgIpc) is 2.34. The Morgan fingerprint density at radius 2 is 2.05 bits per heavy atom. The van der Waals surface area contributed by atoms with Crippen molar-refractivity contribution >= 4 is 11.4 Å². The molecule has 0 saturated heterocycles. The second-order valence-corrected chi connectivity index (χ2v) is 4.97. The minimum absolute atomic E-state index is 0.0245. The maximum atomic E-state index is 10.9. The maximum absolute atomic E-state index is 10.9. The van der Waals surface area contributed by atoms with E-state index in [1.165, 1.54) is 19.2 Å². The van der Waals surface area contributed by atoms with Crippen LogP contribution in [0, 0.1) is 10.1 Å². The van der Waals surface area contributed by atoms with E-state index in [1.807, 2.05) is 11.8 Å². The highest BCUT2D eigenvalue weighted by Crippen LogP contribution is 2.29. The molecule has 0 aliphatic rings. The molecule has 0 radical (unpaired) electrons. The Bertz CT molecular complexity index is 454. The molecule has 0 aliphatic heterocycles. The van der Waals surface area contributed by atoms with Crippen molar-refractivity contribution in [2.75, 3.05) is 25.1 Å². The predicted molar refractivity (Wildman–Crippen MR) is 73.8 cm³/mol. The van der Waals surface area contributed by atoms with Gasteiger partial charge in [-0.1, -0.05) is 0 Å². The first-order valence-corrected chi connectivity index (χ1v) is 6.07. The van der Waals surface area contributed by atoms with E-state index in [1.54, 1.807) is 19.9 Å². The van der Waals surface area contributed by atoms with Crippen LogP contribution in [0.25, 0.3) is 0 Å². The van der Waals surface area contributed by atoms with E-state index in [2.05, 4.69) is 0 Å². The Balaban J connectivity index is 3.15. The van der Waals surface area contributed by atoms with Gasteiger partial charge >= 0.3 is 0 Å². The molecule has 6 nitrogen and oxygen atoms in total. The summed E-state index contributed by atoms with van der Waals surface area (Å²) in [7, 11) is 1.47. The fourth-order valence-corrected chi connectivity index (χ4v) is 1.83. The number of benzene rings is 1. The topological polar surface area (TPSA) is 75.8 Å². The molecule has 0 saturated carbocycles. The van der Waals surface area contributed by atoms with E-state index in [-0.39, 0.29) is 5.69 Å². The smallest absolute Gasteiger partial charge is 0.275 e. The quantitative estimate of drug-likeness (QED) is 0.632. The minimum Gasteiger partial charge on any atom is -0.496 e. The van der Waals surface area contributed by atoms with Gasteiger partial charge in [-0.2, -0.15) is 0 Å². The van der Waals surface area contributed by atoms with E-state index < -0.39 is 10.5 Å². The van der Waals surface area contributed by atoms with Gasteiger partial charge in [-0.3, -0.25) is 10.1 Å². The van der Waals surface area contributed by atoms with Crippen molar-refractivity contribution in [1.82, 2.24) is 0 Å². The summed E-state index contributed by atoms with van der Waals surface area (Å²) in [5.41, 5.74) is -0.243. The molecule has 0 bridgehead atoms. The van der Waals surface area contributed by atoms with Gasteiger partial charge in [0.1, 0.15) is 5.75 Å². The molecular weight excluding hydrogens is 248 g/mol. The summed E-state index contributed by atoms with van der Waals surface area (Å²) < 4.78 is 5.08. The number of nitrogens with zero attached hydrogens (tertiary/aromatic N) is 2. The highest BCUT2D eigenvalue weighted by atomic mass is 16.6. The Morgan fingerprint density at radius 3 is 2.47 bits per heavy atom. The zero-order valence-electron chi connectivity index (χ0n) is 11.7. The molecule has 0 aromatic heterocycles. The summed E-state index contributed by atoms with van der Waals surface area (Å²) in [4.78, 5) is 12.3. The molecule has 0 unspecified atom stereocenters. The first kappa shape index (κ1) is 15.2. The Morgan fingerprint density at radius 1 is 1.42 bits per heavy atom. The molecule has 0 spiro atoms. The van der Waals surface area contributed by atoms with Crippen molar-refractivity contribution in [3.05, 3.63) is 28.3 Å². The van der Waals surface area contributed by atoms with Crippen LogP contribution in [0.4, 0.5) is 11.4 Å². The number of nitro groups is 1. The van der Waals surface area contributed by atoms with Crippen LogP contribution in [0.1, 0.15) is 20.8 Å². The molecule has 1 aromatic carbocycles. The third kappa shape index (κ3) is 4.40. The zero-order valence-corrected chi connectivity index (χ0v) is 11.7. The maximum Gasteiger partial charge on any atom is 0.275 e. The van der Waals surface area contributed by atoms with E-state index in [9.17, 15) is 15.2 Å². The fraction of sp³-hybridized carbons (Fsp3) is 0.538. The SMILES string of the molecule is CCN(CC(C)(C)O)c1cc(OC)cc([N+](=O)[O-])c1. The van der Waals surface area contributed by atoms with Crippen LogP contribution < -0.4 is 9.64 Å². The molecule has 106 valence electrons. The predicted octanol–water partition coefficient (Wildman–Crippen LogP) is 2.20. The van der Waals surface area contributed by atoms with E-state index in [0.717, 1.165) is 0 Å². The first-order chi connectivity index (χ1) is 8.76. The van der Waals surface area contributed by atoms with Gasteiger partial charge in [-0.15, -0.1) is 0 Å². The molecule has 1 rings (SSSR count). The lowest BCUT2D eigenvalue weighted by Gasteiger charge is -2.30. The molecule has 0 fully saturated rings. The van der Waals surface area contributed by atoms with Crippen LogP contribution in [0.2, 0.25) is 0 Å². The lowest BCUT2D eigenvalue weighted by molar-refractivity contribution is -0.384. The van der Waals surface area contributed by atoms with Gasteiger partial charge < -0.3 is 14.7 Å². The molecule has 1 N–H and O–H groups in total. The summed E-state index contributed by atoms with van der Waals surface area (Å²) in [5, 5.41) is 20.8. The largest absolute Gasteiger partial charge is 0.496 e. The third-order valence-corrected chi connectivity index (χ3v) is 2.65. The van der Waals surface area contributed by atoms with Gasteiger partial charge in [0.2, 0.25) is 0 Å². The number of rotatable bonds is 6. The number of methoxy groups -OCH3 is 1. The highest BCUT2D eigenvalue weighted by Gasteiger charge is 2.20. The van der Waals surface area contributed by atoms with E-state index >= 15 is 0 Å². The van der Waals surface area contributed by atoms with Gasteiger partial charge in [0.05, 0.1) is 23.7 Å². The van der Waals surface area contributed by atoms with Gasteiger partial charge in [0.15, 0.2) is 0 Å². The lowest BCUT2D eigenvalue weighted by Crippen LogP contribution is -2.38. The molecule has 0 amide bonds. The van der Waals surface area contributed by atoms with Crippen molar-refractivity contribution in [2.24, 2.45) is 0 Å². The van der Waals surface area contributed by atoms with Crippen molar-refractivity contribution in [2.45, 2.75) is 26.4 Å². The highest BCUT2D eigenvalue weighted by molar-refractivity contribution is 5.58. The van der Waals surface area contributed by atoms with Gasteiger partial charge in [-0.05, 0) is 20.8 Å². The van der Waals surface area contributed by atoms with Crippen LogP contribution in [0.5, 0.6) is 5.75 Å². The summed E-state index contributed by atoms with van der Waals surface area (Å²) in [6.45, 7) is 6.34. The average molecular weight is 268 g/mol. The normalized spacial score (nSPS) is 11.2. The number of hydrogen-bond donors (Lipinski definition) is 1. The molecular formula is C13H20N2O4. The number of likely N-dealkylation sites (N-methyl/N-ethyl adjacent to an activating group) is 1. The number of ether oxygens (including phenoxy) is 1. The van der Waals surface area contributed by atoms with Gasteiger partial charge in [0, 0.05) is 30.9 Å². The fourth-order valence-electron chi connectivity index (χ4n) is 1.83. The van der Waals surface area contributed by atoms with E-state index in [0.29, 0.717) is 24.5 Å².